The molecule has 0 saturated carbocycles. The molecular weight excluding hydrogens is 620 g/mol. The molecule has 4 aromatic rings. The molecule has 3 amide bonds. The van der Waals surface area contributed by atoms with Gasteiger partial charge in [-0.3, -0.25) is 14.4 Å². The Morgan fingerprint density at radius 1 is 0.776 bits per heavy atom. The van der Waals surface area contributed by atoms with Gasteiger partial charge in [0.2, 0.25) is 17.7 Å². The van der Waals surface area contributed by atoms with Crippen LogP contribution in [0.25, 0.3) is 0 Å². The van der Waals surface area contributed by atoms with E-state index >= 15 is 0 Å². The Bertz CT molecular complexity index is 1790. The molecule has 0 aromatic heterocycles. The van der Waals surface area contributed by atoms with Gasteiger partial charge in [0.25, 0.3) is 0 Å². The van der Waals surface area contributed by atoms with Crippen LogP contribution >= 0.6 is 0 Å². The lowest BCUT2D eigenvalue weighted by molar-refractivity contribution is -0.144. The molecule has 0 radical (unpaired) electrons. The van der Waals surface area contributed by atoms with Crippen molar-refractivity contribution >= 4 is 23.7 Å². The highest BCUT2D eigenvalue weighted by atomic mass is 16.4. The van der Waals surface area contributed by atoms with E-state index in [1.807, 2.05) is 74.5 Å². The van der Waals surface area contributed by atoms with E-state index < -0.39 is 47.9 Å². The third-order valence-electron chi connectivity index (χ3n) is 9.07. The number of hydrogen-bond acceptors (Lipinski definition) is 6. The van der Waals surface area contributed by atoms with Gasteiger partial charge in [-0.15, -0.1) is 0 Å². The third kappa shape index (κ3) is 8.71. The standard InChI is InChI=1S/C39H42N4O6/c1-24-17-30(44)18-25(2)31(24)22-32(40)38(47)43-23-29-16-10-9-15-28(29)21-35(43)37(46)41-33(19-26-11-5-3-6-12-26)36(45)42-34(39(48)49)20-27-13-7-4-8-14-27/h3-18,32-35,44H,19-23,40H2,1-2H3,(H,41,46)(H,42,45)(H,48,49)/t32-,33+,34+,35+/m1/s1. The largest absolute Gasteiger partial charge is 0.508 e. The Labute approximate surface area is 286 Å². The van der Waals surface area contributed by atoms with Gasteiger partial charge in [-0.05, 0) is 71.3 Å². The molecule has 6 N–H and O–H groups in total. The number of nitrogens with two attached hydrogens (primary N) is 1. The minimum Gasteiger partial charge on any atom is -0.508 e. The van der Waals surface area contributed by atoms with Gasteiger partial charge >= 0.3 is 5.97 Å². The molecule has 4 atom stereocenters. The highest BCUT2D eigenvalue weighted by molar-refractivity contribution is 5.95. The van der Waals surface area contributed by atoms with Crippen LogP contribution in [0, 0.1) is 13.8 Å². The van der Waals surface area contributed by atoms with E-state index in [1.54, 1.807) is 36.4 Å². The molecule has 0 unspecified atom stereocenters. The van der Waals surface area contributed by atoms with Crippen molar-refractivity contribution in [1.82, 2.24) is 15.5 Å². The number of aliphatic carboxylic acids is 1. The van der Waals surface area contributed by atoms with Gasteiger partial charge in [0.15, 0.2) is 0 Å². The van der Waals surface area contributed by atoms with Gasteiger partial charge < -0.3 is 31.5 Å². The van der Waals surface area contributed by atoms with Gasteiger partial charge in [-0.25, -0.2) is 4.79 Å². The summed E-state index contributed by atoms with van der Waals surface area (Å²) in [6.07, 6.45) is 0.587. The van der Waals surface area contributed by atoms with E-state index in [-0.39, 0.29) is 38.0 Å². The average molecular weight is 663 g/mol. The zero-order valence-corrected chi connectivity index (χ0v) is 27.6. The van der Waals surface area contributed by atoms with Crippen molar-refractivity contribution in [3.05, 3.63) is 136 Å². The fraction of sp³-hybridized carbons (Fsp3) is 0.282. The first-order chi connectivity index (χ1) is 23.5. The Morgan fingerprint density at radius 3 is 1.88 bits per heavy atom. The van der Waals surface area contributed by atoms with E-state index in [2.05, 4.69) is 10.6 Å². The van der Waals surface area contributed by atoms with Crippen molar-refractivity contribution in [3.8, 4) is 5.75 Å². The SMILES string of the molecule is Cc1cc(O)cc(C)c1C[C@@H](N)C(=O)N1Cc2ccccc2C[C@H]1C(=O)N[C@@H](Cc1ccccc1)C(=O)N[C@@H](Cc1ccccc1)C(=O)O. The summed E-state index contributed by atoms with van der Waals surface area (Å²) in [4.78, 5) is 55.7. The fourth-order valence-electron chi connectivity index (χ4n) is 6.45. The molecule has 0 bridgehead atoms. The van der Waals surface area contributed by atoms with Crippen LogP contribution < -0.4 is 16.4 Å². The van der Waals surface area contributed by atoms with E-state index in [0.29, 0.717) is 0 Å². The lowest BCUT2D eigenvalue weighted by atomic mass is 9.91. The number of benzene rings is 4. The second-order valence-electron chi connectivity index (χ2n) is 12.7. The smallest absolute Gasteiger partial charge is 0.326 e. The number of hydrogen-bond donors (Lipinski definition) is 5. The lowest BCUT2D eigenvalue weighted by Gasteiger charge is -2.38. The van der Waals surface area contributed by atoms with Crippen molar-refractivity contribution < 1.29 is 29.4 Å². The van der Waals surface area contributed by atoms with Crippen molar-refractivity contribution in [2.45, 2.75) is 70.2 Å². The summed E-state index contributed by atoms with van der Waals surface area (Å²) in [5.41, 5.74) is 12.3. The number of fused-ring (bicyclic) bond motifs is 1. The summed E-state index contributed by atoms with van der Waals surface area (Å²) in [6, 6.07) is 24.6. The predicted octanol–water partition coefficient (Wildman–Crippen LogP) is 3.37. The Hall–Kier alpha value is -5.48. The number of nitrogens with one attached hydrogen (secondary N) is 2. The van der Waals surface area contributed by atoms with Crippen LogP contribution in [0.5, 0.6) is 5.75 Å². The van der Waals surface area contributed by atoms with Gasteiger partial charge in [0.05, 0.1) is 6.04 Å². The maximum Gasteiger partial charge on any atom is 0.326 e. The number of carboxylic acid groups (broad SMARTS) is 1. The van der Waals surface area contributed by atoms with Crippen LogP contribution in [0.15, 0.2) is 97.1 Å². The van der Waals surface area contributed by atoms with E-state index in [4.69, 9.17) is 5.73 Å². The average Bonchev–Trinajstić information content (AvgIpc) is 3.09. The molecule has 1 aliphatic heterocycles. The molecule has 5 rings (SSSR count). The lowest BCUT2D eigenvalue weighted by Crippen LogP contribution is -2.60. The first kappa shape index (κ1) is 34.8. The van der Waals surface area contributed by atoms with E-state index in [0.717, 1.165) is 38.9 Å². The summed E-state index contributed by atoms with van der Waals surface area (Å²) in [7, 11) is 0. The number of phenols is 1. The van der Waals surface area contributed by atoms with Gasteiger partial charge in [0.1, 0.15) is 23.9 Å². The van der Waals surface area contributed by atoms with E-state index in [1.165, 1.54) is 4.90 Å². The zero-order valence-electron chi connectivity index (χ0n) is 27.6. The highest BCUT2D eigenvalue weighted by Crippen LogP contribution is 2.26. The molecule has 0 saturated heterocycles. The summed E-state index contributed by atoms with van der Waals surface area (Å²) >= 11 is 0. The molecule has 254 valence electrons. The summed E-state index contributed by atoms with van der Waals surface area (Å²) in [5.74, 6) is -2.68. The summed E-state index contributed by atoms with van der Waals surface area (Å²) in [5, 5.41) is 25.5. The number of phenolic OH excluding ortho intramolecular Hbond substituents is 1. The first-order valence-corrected chi connectivity index (χ1v) is 16.3. The number of rotatable bonds is 12. The third-order valence-corrected chi connectivity index (χ3v) is 9.07. The minimum absolute atomic E-state index is 0.0630. The molecular formula is C39H42N4O6. The van der Waals surface area contributed by atoms with Crippen LogP contribution in [0.4, 0.5) is 0 Å². The Balaban J connectivity index is 1.40. The molecule has 49 heavy (non-hydrogen) atoms. The molecule has 10 heteroatoms. The van der Waals surface area contributed by atoms with Crippen LogP contribution in [0.1, 0.15) is 38.9 Å². The highest BCUT2D eigenvalue weighted by Gasteiger charge is 2.38. The molecule has 1 aliphatic rings. The van der Waals surface area contributed by atoms with E-state index in [9.17, 15) is 29.4 Å². The predicted molar refractivity (Wildman–Crippen MR) is 186 cm³/mol. The molecule has 0 aliphatic carbocycles. The minimum atomic E-state index is -1.23. The maximum atomic E-state index is 14.2. The van der Waals surface area contributed by atoms with Crippen molar-refractivity contribution in [2.24, 2.45) is 5.73 Å². The molecule has 0 fully saturated rings. The quantitative estimate of drug-likeness (QED) is 0.155. The zero-order chi connectivity index (χ0) is 35.1. The second kappa shape index (κ2) is 15.6. The monoisotopic (exact) mass is 662 g/mol. The first-order valence-electron chi connectivity index (χ1n) is 16.3. The van der Waals surface area contributed by atoms with Gasteiger partial charge in [-0.2, -0.15) is 0 Å². The van der Waals surface area contributed by atoms with Crippen molar-refractivity contribution in [3.63, 3.8) is 0 Å². The fourth-order valence-corrected chi connectivity index (χ4v) is 6.45. The molecule has 1 heterocycles. The number of aryl methyl sites for hydroxylation is 2. The number of aromatic hydroxyl groups is 1. The second-order valence-corrected chi connectivity index (χ2v) is 12.7. The Morgan fingerprint density at radius 2 is 1.31 bits per heavy atom. The van der Waals surface area contributed by atoms with Gasteiger partial charge in [-0.1, -0.05) is 84.9 Å². The van der Waals surface area contributed by atoms with Crippen molar-refractivity contribution in [2.75, 3.05) is 0 Å². The summed E-state index contributed by atoms with van der Waals surface area (Å²) < 4.78 is 0. The summed E-state index contributed by atoms with van der Waals surface area (Å²) in [6.45, 7) is 3.85. The number of carboxylic acids is 1. The number of nitrogens with zero attached hydrogens (tertiary/aromatic N) is 1. The van der Waals surface area contributed by atoms with Crippen LogP contribution in [-0.4, -0.2) is 63.0 Å². The van der Waals surface area contributed by atoms with Crippen molar-refractivity contribution in [1.29, 1.82) is 0 Å². The number of carbonyl (C=O) groups is 4. The molecule has 0 spiro atoms. The van der Waals surface area contributed by atoms with Gasteiger partial charge in [0, 0.05) is 25.8 Å². The molecule has 10 nitrogen and oxygen atoms in total. The molecule has 4 aromatic carbocycles. The normalized spacial score (nSPS) is 15.7. The maximum absolute atomic E-state index is 14.2. The topological polar surface area (TPSA) is 162 Å². The number of amides is 3. The van der Waals surface area contributed by atoms with Crippen LogP contribution in [0.2, 0.25) is 0 Å². The Kier molecular flexibility index (Phi) is 11.1. The number of carbonyl (C=O) groups excluding carboxylic acids is 3. The van der Waals surface area contributed by atoms with Crippen LogP contribution in [-0.2, 0) is 51.4 Å². The van der Waals surface area contributed by atoms with Crippen LogP contribution in [0.3, 0.4) is 0 Å².